The summed E-state index contributed by atoms with van der Waals surface area (Å²) in [7, 11) is 0. The van der Waals surface area contributed by atoms with E-state index in [1.807, 2.05) is 0 Å². The van der Waals surface area contributed by atoms with Crippen molar-refractivity contribution < 1.29 is 19.4 Å². The average Bonchev–Trinajstić information content (AvgIpc) is 2.81. The Kier molecular flexibility index (Phi) is 2.03. The number of hydrogen-bond donors (Lipinski definition) is 1. The molecule has 1 saturated heterocycles. The quantitative estimate of drug-likeness (QED) is 0.688. The van der Waals surface area contributed by atoms with E-state index in [0.29, 0.717) is 26.1 Å². The average molecular weight is 233 g/mol. The summed E-state index contributed by atoms with van der Waals surface area (Å²) in [5, 5.41) is 9.15. The molecular weight excluding hydrogens is 220 g/mol. The van der Waals surface area contributed by atoms with Crippen LogP contribution >= 0.6 is 11.6 Å². The molecule has 4 atom stereocenters. The van der Waals surface area contributed by atoms with Crippen molar-refractivity contribution in [1.29, 1.82) is 0 Å². The number of carboxylic acids is 1. The second-order valence-electron chi connectivity index (χ2n) is 4.60. The van der Waals surface area contributed by atoms with Crippen LogP contribution in [0.2, 0.25) is 0 Å². The smallest absolute Gasteiger partial charge is 0.307 e. The highest BCUT2D eigenvalue weighted by Gasteiger charge is 2.65. The predicted molar refractivity (Wildman–Crippen MR) is 51.6 cm³/mol. The highest BCUT2D eigenvalue weighted by atomic mass is 35.5. The number of alkyl halides is 1. The number of carboxylic acid groups (broad SMARTS) is 1. The van der Waals surface area contributed by atoms with Crippen LogP contribution in [-0.4, -0.2) is 35.5 Å². The van der Waals surface area contributed by atoms with Crippen LogP contribution < -0.4 is 0 Å². The summed E-state index contributed by atoms with van der Waals surface area (Å²) >= 11 is 6.13. The molecule has 1 N–H and O–H groups in total. The molecule has 2 bridgehead atoms. The molecule has 4 nitrogen and oxygen atoms in total. The summed E-state index contributed by atoms with van der Waals surface area (Å²) < 4.78 is 11.2. The Morgan fingerprint density at radius 1 is 1.40 bits per heavy atom. The highest BCUT2D eigenvalue weighted by Crippen LogP contribution is 2.59. The number of halogens is 1. The van der Waals surface area contributed by atoms with Gasteiger partial charge in [-0.05, 0) is 12.3 Å². The van der Waals surface area contributed by atoms with Crippen molar-refractivity contribution in [2.24, 2.45) is 17.8 Å². The van der Waals surface area contributed by atoms with Gasteiger partial charge in [0.25, 0.3) is 0 Å². The van der Waals surface area contributed by atoms with Crippen LogP contribution in [0.3, 0.4) is 0 Å². The lowest BCUT2D eigenvalue weighted by molar-refractivity contribution is -0.195. The second kappa shape index (κ2) is 3.09. The number of ether oxygens (including phenoxy) is 2. The van der Waals surface area contributed by atoms with E-state index in [2.05, 4.69) is 0 Å². The fourth-order valence-corrected chi connectivity index (χ4v) is 3.87. The van der Waals surface area contributed by atoms with Gasteiger partial charge in [0.1, 0.15) is 0 Å². The van der Waals surface area contributed by atoms with Crippen LogP contribution in [0.25, 0.3) is 0 Å². The predicted octanol–water partition coefficient (Wildman–Crippen LogP) is 1.08. The minimum absolute atomic E-state index is 0.00673. The summed E-state index contributed by atoms with van der Waals surface area (Å²) in [5.74, 6) is -1.83. The molecule has 4 unspecified atom stereocenters. The van der Waals surface area contributed by atoms with E-state index in [0.717, 1.165) is 0 Å². The first kappa shape index (κ1) is 9.87. The van der Waals surface area contributed by atoms with E-state index in [1.165, 1.54) is 0 Å². The molecule has 1 heterocycles. The molecule has 3 aliphatic rings. The zero-order chi connectivity index (χ0) is 10.6. The Morgan fingerprint density at radius 2 is 2.07 bits per heavy atom. The van der Waals surface area contributed by atoms with Gasteiger partial charge in [0.05, 0.1) is 19.1 Å². The summed E-state index contributed by atoms with van der Waals surface area (Å²) in [5.41, 5.74) is 0. The van der Waals surface area contributed by atoms with Gasteiger partial charge in [0.2, 0.25) is 0 Å². The molecule has 15 heavy (non-hydrogen) atoms. The van der Waals surface area contributed by atoms with Crippen LogP contribution in [0.1, 0.15) is 12.8 Å². The first-order chi connectivity index (χ1) is 7.14. The van der Waals surface area contributed by atoms with E-state index in [9.17, 15) is 9.90 Å². The van der Waals surface area contributed by atoms with Gasteiger partial charge in [-0.25, -0.2) is 0 Å². The standard InChI is InChI=1S/C10H13ClO4/c11-7-3-6-8(9(12)13)5(7)4-10(6)14-1-2-15-10/h5-8H,1-4H2,(H,12,13). The van der Waals surface area contributed by atoms with Crippen LogP contribution in [0.5, 0.6) is 0 Å². The molecule has 1 aliphatic heterocycles. The van der Waals surface area contributed by atoms with Crippen molar-refractivity contribution in [3.05, 3.63) is 0 Å². The normalized spacial score (nSPS) is 46.5. The fourth-order valence-electron chi connectivity index (χ4n) is 3.43. The molecule has 3 rings (SSSR count). The lowest BCUT2D eigenvalue weighted by Gasteiger charge is -2.33. The maximum Gasteiger partial charge on any atom is 0.307 e. The minimum Gasteiger partial charge on any atom is -0.481 e. The Morgan fingerprint density at radius 3 is 2.60 bits per heavy atom. The monoisotopic (exact) mass is 232 g/mol. The number of fused-ring (bicyclic) bond motifs is 3. The third-order valence-electron chi connectivity index (χ3n) is 3.98. The largest absolute Gasteiger partial charge is 0.481 e. The molecule has 0 aromatic carbocycles. The zero-order valence-electron chi connectivity index (χ0n) is 8.19. The maximum atomic E-state index is 11.2. The Hall–Kier alpha value is -0.320. The van der Waals surface area contributed by atoms with Crippen LogP contribution in [0, 0.1) is 17.8 Å². The van der Waals surface area contributed by atoms with E-state index in [1.54, 1.807) is 0 Å². The molecule has 0 radical (unpaired) electrons. The molecule has 2 saturated carbocycles. The van der Waals surface area contributed by atoms with Crippen molar-refractivity contribution in [2.75, 3.05) is 13.2 Å². The number of aliphatic carboxylic acids is 1. The van der Waals surface area contributed by atoms with Gasteiger partial charge < -0.3 is 14.6 Å². The first-order valence-corrected chi connectivity index (χ1v) is 5.72. The molecule has 0 aromatic rings. The van der Waals surface area contributed by atoms with Gasteiger partial charge in [-0.1, -0.05) is 0 Å². The third-order valence-corrected chi connectivity index (χ3v) is 4.49. The van der Waals surface area contributed by atoms with E-state index in [-0.39, 0.29) is 23.1 Å². The number of hydrogen-bond acceptors (Lipinski definition) is 3. The van der Waals surface area contributed by atoms with Gasteiger partial charge in [0.15, 0.2) is 5.79 Å². The van der Waals surface area contributed by atoms with Crippen LogP contribution in [-0.2, 0) is 14.3 Å². The van der Waals surface area contributed by atoms with Gasteiger partial charge >= 0.3 is 5.97 Å². The molecule has 1 spiro atoms. The molecule has 0 amide bonds. The van der Waals surface area contributed by atoms with E-state index < -0.39 is 11.8 Å². The van der Waals surface area contributed by atoms with E-state index >= 15 is 0 Å². The molecule has 5 heteroatoms. The zero-order valence-corrected chi connectivity index (χ0v) is 8.94. The Bertz CT molecular complexity index is 300. The number of carbonyl (C=O) groups is 1. The van der Waals surface area contributed by atoms with Gasteiger partial charge in [-0.15, -0.1) is 11.6 Å². The van der Waals surface area contributed by atoms with Gasteiger partial charge in [-0.2, -0.15) is 0 Å². The molecule has 2 aliphatic carbocycles. The topological polar surface area (TPSA) is 55.8 Å². The molecular formula is C10H13ClO4. The molecule has 3 fully saturated rings. The maximum absolute atomic E-state index is 11.2. The molecule has 0 aromatic heterocycles. The van der Waals surface area contributed by atoms with Crippen molar-refractivity contribution in [1.82, 2.24) is 0 Å². The summed E-state index contributed by atoms with van der Waals surface area (Å²) in [6, 6.07) is 0. The highest BCUT2D eigenvalue weighted by molar-refractivity contribution is 6.21. The first-order valence-electron chi connectivity index (χ1n) is 5.29. The van der Waals surface area contributed by atoms with Crippen molar-refractivity contribution in [3.63, 3.8) is 0 Å². The SMILES string of the molecule is O=C(O)C1C2CC3(OCCO3)C1CC2Cl. The molecule has 84 valence electrons. The van der Waals surface area contributed by atoms with Crippen molar-refractivity contribution >= 4 is 17.6 Å². The lowest BCUT2D eigenvalue weighted by atomic mass is 9.93. The van der Waals surface area contributed by atoms with Gasteiger partial charge in [0, 0.05) is 17.7 Å². The van der Waals surface area contributed by atoms with Gasteiger partial charge in [-0.3, -0.25) is 4.79 Å². The summed E-state index contributed by atoms with van der Waals surface area (Å²) in [6.45, 7) is 1.14. The van der Waals surface area contributed by atoms with Crippen molar-refractivity contribution in [3.8, 4) is 0 Å². The third kappa shape index (κ3) is 1.19. The Labute approximate surface area is 92.5 Å². The van der Waals surface area contributed by atoms with E-state index in [4.69, 9.17) is 21.1 Å². The number of rotatable bonds is 1. The van der Waals surface area contributed by atoms with Crippen LogP contribution in [0.15, 0.2) is 0 Å². The second-order valence-corrected chi connectivity index (χ2v) is 5.16. The van der Waals surface area contributed by atoms with Crippen LogP contribution in [0.4, 0.5) is 0 Å². The minimum atomic E-state index is -0.760. The van der Waals surface area contributed by atoms with Crippen molar-refractivity contribution in [2.45, 2.75) is 24.0 Å². The Balaban J connectivity index is 1.92. The summed E-state index contributed by atoms with van der Waals surface area (Å²) in [4.78, 5) is 11.2. The fraction of sp³-hybridized carbons (Fsp3) is 0.900. The lowest BCUT2D eigenvalue weighted by Crippen LogP contribution is -2.39. The summed E-state index contributed by atoms with van der Waals surface area (Å²) in [6.07, 6.45) is 1.34.